The molecule has 1 heterocycles. The molecule has 23 heavy (non-hydrogen) atoms. The topological polar surface area (TPSA) is 100 Å². The molecular formula is C14H16N3O6+. The second-order valence-electron chi connectivity index (χ2n) is 4.85. The van der Waals surface area contributed by atoms with Crippen LogP contribution in [0.5, 0.6) is 11.5 Å². The van der Waals surface area contributed by atoms with Crippen LogP contribution in [0.15, 0.2) is 35.6 Å². The molecule has 0 N–H and O–H groups in total. The zero-order valence-corrected chi connectivity index (χ0v) is 12.8. The Morgan fingerprint density at radius 3 is 2.52 bits per heavy atom. The molecule has 0 aliphatic carbocycles. The summed E-state index contributed by atoms with van der Waals surface area (Å²) in [5.41, 5.74) is 0.160. The highest BCUT2D eigenvalue weighted by atomic mass is 16.7. The molecule has 9 heteroatoms. The van der Waals surface area contributed by atoms with Crippen LogP contribution < -0.4 is 9.47 Å². The minimum atomic E-state index is -1.67. The number of hydrogen-bond donors (Lipinski definition) is 0. The molecule has 2 atom stereocenters. The van der Waals surface area contributed by atoms with Gasteiger partial charge in [0.15, 0.2) is 11.5 Å². The molecule has 1 amide bonds. The van der Waals surface area contributed by atoms with E-state index in [4.69, 9.17) is 14.2 Å². The van der Waals surface area contributed by atoms with E-state index in [1.807, 2.05) is 0 Å². The second kappa shape index (κ2) is 6.44. The van der Waals surface area contributed by atoms with Gasteiger partial charge < -0.3 is 14.2 Å². The Bertz CT molecular complexity index is 673. The standard InChI is InChI=1S/C14H16N3O6/c1-17(7-6-15-9-17)14(18)23-13(16(19)20)10-4-5-11(21-2)12(8-10)22-3/h4-9,13H,1-3H3/q+1. The summed E-state index contributed by atoms with van der Waals surface area (Å²) >= 11 is 0. The average molecular weight is 322 g/mol. The van der Waals surface area contributed by atoms with Gasteiger partial charge in [0.05, 0.1) is 38.0 Å². The summed E-state index contributed by atoms with van der Waals surface area (Å²) in [6.45, 7) is 0. The summed E-state index contributed by atoms with van der Waals surface area (Å²) < 4.78 is 14.8. The molecule has 0 saturated carbocycles. The number of rotatable bonds is 5. The lowest BCUT2D eigenvalue weighted by molar-refractivity contribution is -0.689. The third-order valence-corrected chi connectivity index (χ3v) is 3.26. The third-order valence-electron chi connectivity index (χ3n) is 3.26. The normalized spacial score (nSPS) is 20.1. The summed E-state index contributed by atoms with van der Waals surface area (Å²) in [5.74, 6) is 0.717. The molecule has 2 unspecified atom stereocenters. The van der Waals surface area contributed by atoms with E-state index in [0.29, 0.717) is 11.5 Å². The first kappa shape index (κ1) is 16.4. The number of carbonyl (C=O) groups is 1. The van der Waals surface area contributed by atoms with E-state index in [9.17, 15) is 14.9 Å². The van der Waals surface area contributed by atoms with Gasteiger partial charge >= 0.3 is 12.3 Å². The average Bonchev–Trinajstić information content (AvgIpc) is 2.99. The van der Waals surface area contributed by atoms with Crippen LogP contribution in [-0.2, 0) is 4.74 Å². The van der Waals surface area contributed by atoms with E-state index in [1.54, 1.807) is 0 Å². The predicted molar refractivity (Wildman–Crippen MR) is 79.6 cm³/mol. The van der Waals surface area contributed by atoms with E-state index >= 15 is 0 Å². The summed E-state index contributed by atoms with van der Waals surface area (Å²) in [6.07, 6.45) is 1.69. The number of nitrogens with zero attached hydrogens (tertiary/aromatic N) is 3. The molecular weight excluding hydrogens is 306 g/mol. The summed E-state index contributed by atoms with van der Waals surface area (Å²) in [7, 11) is 4.36. The van der Waals surface area contributed by atoms with Crippen molar-refractivity contribution in [3.63, 3.8) is 0 Å². The second-order valence-corrected chi connectivity index (χ2v) is 4.85. The Balaban J connectivity index is 2.29. The van der Waals surface area contributed by atoms with E-state index in [1.165, 1.54) is 58.2 Å². The smallest absolute Gasteiger partial charge is 0.493 e. The van der Waals surface area contributed by atoms with E-state index in [0.717, 1.165) is 0 Å². The SMILES string of the molecule is COc1ccc(C(OC(=O)[N+]2(C)C=CN=C2)[N+](=O)[O-])cc1OC. The fraction of sp³-hybridized carbons (Fsp3) is 0.286. The van der Waals surface area contributed by atoms with Gasteiger partial charge in [-0.2, -0.15) is 9.28 Å². The summed E-state index contributed by atoms with van der Waals surface area (Å²) in [4.78, 5) is 26.6. The van der Waals surface area contributed by atoms with Gasteiger partial charge in [-0.15, -0.1) is 0 Å². The number of ether oxygens (including phenoxy) is 3. The molecule has 1 aromatic rings. The lowest BCUT2D eigenvalue weighted by atomic mass is 10.2. The first-order chi connectivity index (χ1) is 10.9. The number of amides is 1. The molecule has 1 aromatic carbocycles. The molecule has 1 aliphatic heterocycles. The van der Waals surface area contributed by atoms with E-state index in [-0.39, 0.29) is 5.56 Å². The van der Waals surface area contributed by atoms with Crippen LogP contribution in [0.2, 0.25) is 0 Å². The van der Waals surface area contributed by atoms with Gasteiger partial charge in [-0.1, -0.05) is 0 Å². The van der Waals surface area contributed by atoms with Crippen molar-refractivity contribution in [3.8, 4) is 11.5 Å². The maximum absolute atomic E-state index is 12.2. The Hall–Kier alpha value is -2.94. The van der Waals surface area contributed by atoms with Gasteiger partial charge in [-0.3, -0.25) is 10.1 Å². The molecule has 0 fully saturated rings. The highest BCUT2D eigenvalue weighted by Crippen LogP contribution is 2.32. The molecule has 0 spiro atoms. The number of hydrogen-bond acceptors (Lipinski definition) is 7. The highest BCUT2D eigenvalue weighted by molar-refractivity contribution is 5.73. The molecule has 122 valence electrons. The molecule has 1 aliphatic rings. The van der Waals surface area contributed by atoms with Crippen molar-refractivity contribution in [2.75, 3.05) is 21.3 Å². The maximum Gasteiger partial charge on any atom is 0.532 e. The minimum absolute atomic E-state index is 0.160. The monoisotopic (exact) mass is 322 g/mol. The lowest BCUT2D eigenvalue weighted by Crippen LogP contribution is -2.43. The Kier molecular flexibility index (Phi) is 4.60. The molecule has 0 radical (unpaired) electrons. The van der Waals surface area contributed by atoms with Crippen molar-refractivity contribution < 1.29 is 28.4 Å². The van der Waals surface area contributed by atoms with Crippen molar-refractivity contribution in [3.05, 3.63) is 46.3 Å². The molecule has 9 nitrogen and oxygen atoms in total. The predicted octanol–water partition coefficient (Wildman–Crippen LogP) is 2.08. The van der Waals surface area contributed by atoms with E-state index < -0.39 is 21.7 Å². The number of nitro groups is 1. The van der Waals surface area contributed by atoms with Crippen LogP contribution in [0, 0.1) is 10.1 Å². The first-order valence-corrected chi connectivity index (χ1v) is 6.56. The lowest BCUT2D eigenvalue weighted by Gasteiger charge is -2.19. The van der Waals surface area contributed by atoms with E-state index in [2.05, 4.69) is 4.99 Å². The molecule has 0 saturated heterocycles. The van der Waals surface area contributed by atoms with Crippen LogP contribution in [0.4, 0.5) is 4.79 Å². The van der Waals surface area contributed by atoms with Crippen LogP contribution >= 0.6 is 0 Å². The Labute approximate surface area is 132 Å². The molecule has 2 rings (SSSR count). The quantitative estimate of drug-likeness (QED) is 0.356. The number of carbonyl (C=O) groups excluding carboxylic acids is 1. The van der Waals surface area contributed by atoms with Gasteiger partial charge in [-0.05, 0) is 18.2 Å². The zero-order valence-electron chi connectivity index (χ0n) is 12.8. The van der Waals surface area contributed by atoms with Gasteiger partial charge in [0.25, 0.3) is 0 Å². The van der Waals surface area contributed by atoms with Crippen molar-refractivity contribution in [1.82, 2.24) is 0 Å². The molecule has 0 bridgehead atoms. The highest BCUT2D eigenvalue weighted by Gasteiger charge is 2.39. The van der Waals surface area contributed by atoms with Gasteiger partial charge in [0.1, 0.15) is 6.20 Å². The largest absolute Gasteiger partial charge is 0.532 e. The first-order valence-electron chi connectivity index (χ1n) is 6.56. The number of benzene rings is 1. The molecule has 0 aromatic heterocycles. The van der Waals surface area contributed by atoms with Crippen molar-refractivity contribution in [2.45, 2.75) is 6.23 Å². The van der Waals surface area contributed by atoms with Crippen molar-refractivity contribution in [1.29, 1.82) is 0 Å². The van der Waals surface area contributed by atoms with Crippen molar-refractivity contribution in [2.24, 2.45) is 4.99 Å². The third kappa shape index (κ3) is 3.29. The van der Waals surface area contributed by atoms with Gasteiger partial charge in [-0.25, -0.2) is 4.99 Å². The van der Waals surface area contributed by atoms with Gasteiger partial charge in [0.2, 0.25) is 6.34 Å². The van der Waals surface area contributed by atoms with Gasteiger partial charge in [0, 0.05) is 0 Å². The minimum Gasteiger partial charge on any atom is -0.493 e. The summed E-state index contributed by atoms with van der Waals surface area (Å²) in [6, 6.07) is 4.34. The zero-order chi connectivity index (χ0) is 17.0. The fourth-order valence-electron chi connectivity index (χ4n) is 1.95. The van der Waals surface area contributed by atoms with Crippen molar-refractivity contribution >= 4 is 12.4 Å². The number of aliphatic imine (C=N–C) groups is 1. The maximum atomic E-state index is 12.2. The van der Waals surface area contributed by atoms with Crippen LogP contribution in [0.25, 0.3) is 0 Å². The fourth-order valence-corrected chi connectivity index (χ4v) is 1.95. The number of methoxy groups -OCH3 is 2. The summed E-state index contributed by atoms with van der Waals surface area (Å²) in [5, 5.41) is 11.3. The Morgan fingerprint density at radius 2 is 2.00 bits per heavy atom. The van der Waals surface area contributed by atoms with Crippen LogP contribution in [0.3, 0.4) is 0 Å². The van der Waals surface area contributed by atoms with Crippen LogP contribution in [0.1, 0.15) is 11.8 Å². The van der Waals surface area contributed by atoms with Crippen LogP contribution in [-0.4, -0.2) is 43.1 Å². The Morgan fingerprint density at radius 1 is 1.30 bits per heavy atom. The number of quaternary nitrogens is 1.